The summed E-state index contributed by atoms with van der Waals surface area (Å²) >= 11 is 5.81. The van der Waals surface area contributed by atoms with E-state index >= 15 is 0 Å². The second kappa shape index (κ2) is 6.04. The van der Waals surface area contributed by atoms with Gasteiger partial charge in [-0.05, 0) is 30.3 Å². The van der Waals surface area contributed by atoms with Gasteiger partial charge in [0.2, 0.25) is 5.88 Å². The molecule has 0 unspecified atom stereocenters. The highest BCUT2D eigenvalue weighted by molar-refractivity contribution is 6.30. The van der Waals surface area contributed by atoms with Crippen molar-refractivity contribution in [3.63, 3.8) is 0 Å². The summed E-state index contributed by atoms with van der Waals surface area (Å²) in [5, 5.41) is 9.31. The molecule has 0 radical (unpaired) electrons. The number of benzene rings is 1. The Bertz CT molecular complexity index is 717. The summed E-state index contributed by atoms with van der Waals surface area (Å²) in [6.45, 7) is 1.03. The molecule has 0 spiro atoms. The minimum absolute atomic E-state index is 0.0377. The maximum atomic E-state index is 12.2. The molecule has 2 aromatic rings. The normalized spacial score (nSPS) is 14.1. The van der Waals surface area contributed by atoms with Crippen LogP contribution in [0.4, 0.5) is 0 Å². The third-order valence-corrected chi connectivity index (χ3v) is 3.63. The number of rotatable bonds is 3. The molecule has 0 aliphatic carbocycles. The molecule has 1 aromatic heterocycles. The molecule has 0 bridgehead atoms. The van der Waals surface area contributed by atoms with Crippen LogP contribution >= 0.6 is 11.6 Å². The van der Waals surface area contributed by atoms with E-state index in [0.29, 0.717) is 35.1 Å². The zero-order chi connectivity index (χ0) is 15.5. The highest BCUT2D eigenvalue weighted by Gasteiger charge is 2.33. The Balaban J connectivity index is 1.54. The smallest absolute Gasteiger partial charge is 0.254 e. The number of carbonyl (C=O) groups is 1. The van der Waals surface area contributed by atoms with Gasteiger partial charge in [-0.1, -0.05) is 11.6 Å². The third-order valence-electron chi connectivity index (χ3n) is 3.38. The molecule has 110 valence electrons. The summed E-state index contributed by atoms with van der Waals surface area (Å²) in [5.41, 5.74) is 1.10. The standard InChI is InChI=1S/C16H12ClN3O2/c17-13-4-2-12(3-5-13)16(21)20-9-14(10-20)22-15-6-1-11(7-18)8-19-15/h1-6,8,14H,9-10H2. The molecule has 1 aliphatic rings. The van der Waals surface area contributed by atoms with Gasteiger partial charge in [-0.3, -0.25) is 4.79 Å². The van der Waals surface area contributed by atoms with Gasteiger partial charge in [0.1, 0.15) is 12.2 Å². The third kappa shape index (κ3) is 3.02. The molecule has 1 fully saturated rings. The minimum Gasteiger partial charge on any atom is -0.471 e. The maximum absolute atomic E-state index is 12.2. The van der Waals surface area contributed by atoms with Crippen molar-refractivity contribution in [3.05, 3.63) is 58.7 Å². The molecule has 0 atom stereocenters. The fourth-order valence-electron chi connectivity index (χ4n) is 2.14. The number of amides is 1. The van der Waals surface area contributed by atoms with Crippen molar-refractivity contribution in [2.24, 2.45) is 0 Å². The van der Waals surface area contributed by atoms with Gasteiger partial charge in [0.05, 0.1) is 18.7 Å². The summed E-state index contributed by atoms with van der Waals surface area (Å²) in [6.07, 6.45) is 1.39. The number of halogens is 1. The van der Waals surface area contributed by atoms with Gasteiger partial charge in [0.25, 0.3) is 5.91 Å². The number of nitriles is 1. The summed E-state index contributed by atoms with van der Waals surface area (Å²) in [6, 6.07) is 12.1. The van der Waals surface area contributed by atoms with Crippen LogP contribution in [0.2, 0.25) is 5.02 Å². The SMILES string of the molecule is N#Cc1ccc(OC2CN(C(=O)c3ccc(Cl)cc3)C2)nc1. The molecule has 22 heavy (non-hydrogen) atoms. The lowest BCUT2D eigenvalue weighted by atomic mass is 10.1. The van der Waals surface area contributed by atoms with Crippen LogP contribution in [0.1, 0.15) is 15.9 Å². The van der Waals surface area contributed by atoms with E-state index in [1.165, 1.54) is 6.20 Å². The lowest BCUT2D eigenvalue weighted by Crippen LogP contribution is -2.56. The number of aromatic nitrogens is 1. The zero-order valence-electron chi connectivity index (χ0n) is 11.6. The first-order valence-electron chi connectivity index (χ1n) is 6.73. The van der Waals surface area contributed by atoms with Crippen LogP contribution in [0.15, 0.2) is 42.6 Å². The van der Waals surface area contributed by atoms with Crippen LogP contribution in [0.25, 0.3) is 0 Å². The monoisotopic (exact) mass is 313 g/mol. The molecular formula is C16H12ClN3O2. The van der Waals surface area contributed by atoms with E-state index in [0.717, 1.165) is 0 Å². The Labute approximate surface area is 132 Å². The summed E-state index contributed by atoms with van der Waals surface area (Å²) < 4.78 is 5.65. The van der Waals surface area contributed by atoms with Crippen LogP contribution in [-0.2, 0) is 0 Å². The molecule has 0 saturated carbocycles. The van der Waals surface area contributed by atoms with Crippen molar-refractivity contribution in [1.29, 1.82) is 5.26 Å². The average Bonchev–Trinajstić information content (AvgIpc) is 2.51. The van der Waals surface area contributed by atoms with E-state index in [1.807, 2.05) is 6.07 Å². The topological polar surface area (TPSA) is 66.2 Å². The molecule has 1 amide bonds. The van der Waals surface area contributed by atoms with Gasteiger partial charge in [-0.25, -0.2) is 4.98 Å². The molecule has 3 rings (SSSR count). The molecule has 5 nitrogen and oxygen atoms in total. The first-order chi connectivity index (χ1) is 10.7. The van der Waals surface area contributed by atoms with Crippen molar-refractivity contribution in [1.82, 2.24) is 9.88 Å². The Morgan fingerprint density at radius 3 is 2.59 bits per heavy atom. The van der Waals surface area contributed by atoms with Gasteiger partial charge in [-0.15, -0.1) is 0 Å². The van der Waals surface area contributed by atoms with Crippen molar-refractivity contribution in [3.8, 4) is 11.9 Å². The number of pyridine rings is 1. The maximum Gasteiger partial charge on any atom is 0.254 e. The average molecular weight is 314 g/mol. The zero-order valence-corrected chi connectivity index (χ0v) is 12.3. The largest absolute Gasteiger partial charge is 0.471 e. The summed E-state index contributed by atoms with van der Waals surface area (Å²) in [7, 11) is 0. The van der Waals surface area contributed by atoms with Crippen LogP contribution < -0.4 is 4.74 Å². The van der Waals surface area contributed by atoms with Crippen molar-refractivity contribution in [2.75, 3.05) is 13.1 Å². The molecule has 6 heteroatoms. The fourth-order valence-corrected chi connectivity index (χ4v) is 2.27. The number of nitrogens with zero attached hydrogens (tertiary/aromatic N) is 3. The van der Waals surface area contributed by atoms with E-state index in [1.54, 1.807) is 41.3 Å². The lowest BCUT2D eigenvalue weighted by Gasteiger charge is -2.38. The number of likely N-dealkylation sites (tertiary alicyclic amines) is 1. The number of ether oxygens (including phenoxy) is 1. The van der Waals surface area contributed by atoms with Crippen LogP contribution in [-0.4, -0.2) is 35.0 Å². The van der Waals surface area contributed by atoms with Crippen LogP contribution in [0.3, 0.4) is 0 Å². The highest BCUT2D eigenvalue weighted by atomic mass is 35.5. The van der Waals surface area contributed by atoms with Gasteiger partial charge in [0.15, 0.2) is 0 Å². The number of hydrogen-bond acceptors (Lipinski definition) is 4. The Morgan fingerprint density at radius 1 is 1.27 bits per heavy atom. The second-order valence-corrected chi connectivity index (χ2v) is 5.39. The first kappa shape index (κ1) is 14.4. The number of hydrogen-bond donors (Lipinski definition) is 0. The molecule has 2 heterocycles. The molecule has 1 aliphatic heterocycles. The molecule has 0 N–H and O–H groups in total. The summed E-state index contributed by atoms with van der Waals surface area (Å²) in [4.78, 5) is 17.9. The lowest BCUT2D eigenvalue weighted by molar-refractivity contribution is 0.0160. The molecule has 1 saturated heterocycles. The van der Waals surface area contributed by atoms with Gasteiger partial charge < -0.3 is 9.64 Å². The second-order valence-electron chi connectivity index (χ2n) is 4.95. The van der Waals surface area contributed by atoms with E-state index in [-0.39, 0.29) is 12.0 Å². The quantitative estimate of drug-likeness (QED) is 0.873. The first-order valence-corrected chi connectivity index (χ1v) is 7.11. The highest BCUT2D eigenvalue weighted by Crippen LogP contribution is 2.19. The van der Waals surface area contributed by atoms with Gasteiger partial charge in [0, 0.05) is 22.8 Å². The van der Waals surface area contributed by atoms with Crippen molar-refractivity contribution < 1.29 is 9.53 Å². The molecular weight excluding hydrogens is 302 g/mol. The minimum atomic E-state index is -0.0725. The van der Waals surface area contributed by atoms with Gasteiger partial charge in [-0.2, -0.15) is 5.26 Å². The van der Waals surface area contributed by atoms with Crippen molar-refractivity contribution >= 4 is 17.5 Å². The van der Waals surface area contributed by atoms with Crippen LogP contribution in [0.5, 0.6) is 5.88 Å². The predicted octanol–water partition coefficient (Wildman–Crippen LogP) is 2.51. The summed E-state index contributed by atoms with van der Waals surface area (Å²) in [5.74, 6) is 0.423. The van der Waals surface area contributed by atoms with Gasteiger partial charge >= 0.3 is 0 Å². The molecule has 1 aromatic carbocycles. The fraction of sp³-hybridized carbons (Fsp3) is 0.188. The Kier molecular flexibility index (Phi) is 3.94. The van der Waals surface area contributed by atoms with E-state index in [2.05, 4.69) is 4.98 Å². The van der Waals surface area contributed by atoms with E-state index < -0.39 is 0 Å². The van der Waals surface area contributed by atoms with E-state index in [4.69, 9.17) is 21.6 Å². The van der Waals surface area contributed by atoms with E-state index in [9.17, 15) is 4.79 Å². The Morgan fingerprint density at radius 2 is 2.00 bits per heavy atom. The number of carbonyl (C=O) groups excluding carboxylic acids is 1. The Hall–Kier alpha value is -2.58. The van der Waals surface area contributed by atoms with Crippen molar-refractivity contribution in [2.45, 2.75) is 6.10 Å². The predicted molar refractivity (Wildman–Crippen MR) is 80.7 cm³/mol. The van der Waals surface area contributed by atoms with Crippen LogP contribution in [0, 0.1) is 11.3 Å².